The third-order valence-electron chi connectivity index (χ3n) is 5.00. The first-order valence-corrected chi connectivity index (χ1v) is 11.0. The number of nitrogens with zero attached hydrogens (tertiary/aromatic N) is 1. The monoisotopic (exact) mass is 451 g/mol. The van der Waals surface area contributed by atoms with Gasteiger partial charge in [-0.1, -0.05) is 6.07 Å². The maximum absolute atomic E-state index is 12.3. The molecule has 164 valence electrons. The van der Waals surface area contributed by atoms with Crippen molar-refractivity contribution in [3.63, 3.8) is 0 Å². The molecule has 8 nitrogen and oxygen atoms in total. The molecule has 0 spiro atoms. The second-order valence-corrected chi connectivity index (χ2v) is 8.43. The van der Waals surface area contributed by atoms with Gasteiger partial charge in [-0.2, -0.15) is 0 Å². The Morgan fingerprint density at radius 2 is 1.91 bits per heavy atom. The molecule has 1 saturated heterocycles. The van der Waals surface area contributed by atoms with E-state index < -0.39 is 11.8 Å². The highest BCUT2D eigenvalue weighted by Gasteiger charge is 2.21. The van der Waals surface area contributed by atoms with E-state index in [9.17, 15) is 19.2 Å². The standard InChI is InChI=1S/C23H21N3O5S/c27-20-8-1-2-11-26(20)16-6-3-5-15(13-16)25-23(30)22(29)24-14-17-9-10-19(32-17)21(28)18-7-4-12-31-18/h3-7,9-10,12-13H,1-2,8,11,14H2,(H,24,29)(H,25,30). The minimum Gasteiger partial charge on any atom is -0.461 e. The summed E-state index contributed by atoms with van der Waals surface area (Å²) < 4.78 is 5.11. The third kappa shape index (κ3) is 4.94. The molecule has 0 aliphatic carbocycles. The number of rotatable bonds is 6. The van der Waals surface area contributed by atoms with Gasteiger partial charge in [-0.3, -0.25) is 19.2 Å². The van der Waals surface area contributed by atoms with E-state index in [4.69, 9.17) is 4.42 Å². The maximum Gasteiger partial charge on any atom is 0.313 e. The molecule has 3 amide bonds. The van der Waals surface area contributed by atoms with Crippen molar-refractivity contribution in [3.8, 4) is 0 Å². The van der Waals surface area contributed by atoms with Gasteiger partial charge in [-0.15, -0.1) is 11.3 Å². The van der Waals surface area contributed by atoms with E-state index in [1.54, 1.807) is 53.4 Å². The summed E-state index contributed by atoms with van der Waals surface area (Å²) in [6.07, 6.45) is 3.76. The number of hydrogen-bond donors (Lipinski definition) is 2. The van der Waals surface area contributed by atoms with Crippen molar-refractivity contribution >= 4 is 46.2 Å². The second-order valence-electron chi connectivity index (χ2n) is 7.26. The summed E-state index contributed by atoms with van der Waals surface area (Å²) in [4.78, 5) is 51.8. The summed E-state index contributed by atoms with van der Waals surface area (Å²) in [6, 6.07) is 13.5. The van der Waals surface area contributed by atoms with Crippen LogP contribution in [0.15, 0.2) is 59.2 Å². The Morgan fingerprint density at radius 1 is 1.03 bits per heavy atom. The summed E-state index contributed by atoms with van der Waals surface area (Å²) in [7, 11) is 0. The zero-order chi connectivity index (χ0) is 22.5. The summed E-state index contributed by atoms with van der Waals surface area (Å²) in [5.74, 6) is -1.54. The minimum absolute atomic E-state index is 0.0540. The average molecular weight is 452 g/mol. The van der Waals surface area contributed by atoms with Crippen molar-refractivity contribution in [1.29, 1.82) is 0 Å². The van der Waals surface area contributed by atoms with E-state index in [1.807, 2.05) is 0 Å². The Morgan fingerprint density at radius 3 is 2.69 bits per heavy atom. The Labute approximate surface area is 188 Å². The lowest BCUT2D eigenvalue weighted by molar-refractivity contribution is -0.136. The van der Waals surface area contributed by atoms with Crippen molar-refractivity contribution in [2.24, 2.45) is 0 Å². The quantitative estimate of drug-likeness (QED) is 0.441. The summed E-state index contributed by atoms with van der Waals surface area (Å²) in [5.41, 5.74) is 1.13. The average Bonchev–Trinajstić information content (AvgIpc) is 3.50. The van der Waals surface area contributed by atoms with E-state index in [0.29, 0.717) is 29.2 Å². The van der Waals surface area contributed by atoms with Gasteiger partial charge in [-0.05, 0) is 55.3 Å². The van der Waals surface area contributed by atoms with Gasteiger partial charge >= 0.3 is 11.8 Å². The largest absolute Gasteiger partial charge is 0.461 e. The fourth-order valence-corrected chi connectivity index (χ4v) is 4.28. The number of ketones is 1. The van der Waals surface area contributed by atoms with Crippen LogP contribution in [0.4, 0.5) is 11.4 Å². The van der Waals surface area contributed by atoms with Gasteiger partial charge in [0.1, 0.15) is 0 Å². The highest BCUT2D eigenvalue weighted by molar-refractivity contribution is 7.14. The molecule has 2 aromatic heterocycles. The number of anilines is 2. The molecule has 1 aliphatic rings. The lowest BCUT2D eigenvalue weighted by Crippen LogP contribution is -2.36. The van der Waals surface area contributed by atoms with Crippen LogP contribution in [0.2, 0.25) is 0 Å². The number of piperidine rings is 1. The molecule has 0 atom stereocenters. The van der Waals surface area contributed by atoms with Gasteiger partial charge in [0.05, 0.1) is 17.7 Å². The minimum atomic E-state index is -0.810. The topological polar surface area (TPSA) is 109 Å². The van der Waals surface area contributed by atoms with Crippen LogP contribution in [0.3, 0.4) is 0 Å². The molecule has 0 saturated carbocycles. The molecule has 0 radical (unpaired) electrons. The van der Waals surface area contributed by atoms with Crippen LogP contribution < -0.4 is 15.5 Å². The van der Waals surface area contributed by atoms with E-state index in [1.165, 1.54) is 17.6 Å². The Balaban J connectivity index is 1.32. The first-order chi connectivity index (χ1) is 15.5. The predicted molar refractivity (Wildman–Crippen MR) is 120 cm³/mol. The van der Waals surface area contributed by atoms with E-state index in [-0.39, 0.29) is 24.0 Å². The Kier molecular flexibility index (Phi) is 6.46. The molecule has 3 heterocycles. The lowest BCUT2D eigenvalue weighted by atomic mass is 10.1. The molecule has 0 unspecified atom stereocenters. The van der Waals surface area contributed by atoms with Gasteiger partial charge in [0.15, 0.2) is 5.76 Å². The molecular weight excluding hydrogens is 430 g/mol. The van der Waals surface area contributed by atoms with Crippen LogP contribution >= 0.6 is 11.3 Å². The number of nitrogens with one attached hydrogen (secondary N) is 2. The maximum atomic E-state index is 12.3. The summed E-state index contributed by atoms with van der Waals surface area (Å²) in [6.45, 7) is 0.757. The summed E-state index contributed by atoms with van der Waals surface area (Å²) >= 11 is 1.22. The number of thiophene rings is 1. The molecule has 32 heavy (non-hydrogen) atoms. The Bertz CT molecular complexity index is 1150. The van der Waals surface area contributed by atoms with Crippen LogP contribution in [0.5, 0.6) is 0 Å². The highest BCUT2D eigenvalue weighted by Crippen LogP contribution is 2.24. The summed E-state index contributed by atoms with van der Waals surface area (Å²) in [5, 5.41) is 5.11. The van der Waals surface area contributed by atoms with Crippen molar-refractivity contribution in [2.45, 2.75) is 25.8 Å². The van der Waals surface area contributed by atoms with Crippen molar-refractivity contribution in [2.75, 3.05) is 16.8 Å². The van der Waals surface area contributed by atoms with Gasteiger partial charge in [0.25, 0.3) is 0 Å². The zero-order valence-corrected chi connectivity index (χ0v) is 17.9. The molecular formula is C23H21N3O5S. The second kappa shape index (κ2) is 9.61. The molecule has 3 aromatic rings. The predicted octanol–water partition coefficient (Wildman–Crippen LogP) is 3.34. The normalized spacial score (nSPS) is 13.6. The fraction of sp³-hybridized carbons (Fsp3) is 0.217. The molecule has 9 heteroatoms. The van der Waals surface area contributed by atoms with Gasteiger partial charge in [0.2, 0.25) is 11.7 Å². The van der Waals surface area contributed by atoms with Gasteiger partial charge in [-0.25, -0.2) is 0 Å². The van der Waals surface area contributed by atoms with Crippen LogP contribution in [-0.4, -0.2) is 30.0 Å². The number of benzene rings is 1. The molecule has 2 N–H and O–H groups in total. The number of carbonyl (C=O) groups is 4. The third-order valence-corrected chi connectivity index (χ3v) is 6.08. The number of furan rings is 1. The van der Waals surface area contributed by atoms with Gasteiger partial charge < -0.3 is 20.0 Å². The first kappa shape index (κ1) is 21.5. The molecule has 1 aliphatic heterocycles. The van der Waals surface area contributed by atoms with E-state index in [0.717, 1.165) is 17.7 Å². The zero-order valence-electron chi connectivity index (χ0n) is 17.1. The molecule has 0 bridgehead atoms. The smallest absolute Gasteiger partial charge is 0.313 e. The molecule has 1 fully saturated rings. The van der Waals surface area contributed by atoms with Gasteiger partial charge in [0, 0.05) is 29.2 Å². The van der Waals surface area contributed by atoms with Crippen LogP contribution in [0, 0.1) is 0 Å². The van der Waals surface area contributed by atoms with Crippen molar-refractivity contribution in [3.05, 3.63) is 70.3 Å². The Hall–Kier alpha value is -3.72. The number of amides is 3. The number of carbonyl (C=O) groups excluding carboxylic acids is 4. The lowest BCUT2D eigenvalue weighted by Gasteiger charge is -2.27. The van der Waals surface area contributed by atoms with Crippen LogP contribution in [-0.2, 0) is 20.9 Å². The van der Waals surface area contributed by atoms with Crippen LogP contribution in [0.1, 0.15) is 39.6 Å². The van der Waals surface area contributed by atoms with Crippen molar-refractivity contribution < 1.29 is 23.6 Å². The number of hydrogen-bond acceptors (Lipinski definition) is 6. The van der Waals surface area contributed by atoms with E-state index in [2.05, 4.69) is 10.6 Å². The SMILES string of the molecule is O=C(NCc1ccc(C(=O)c2ccco2)s1)C(=O)Nc1cccc(N2CCCCC2=O)c1. The fourth-order valence-electron chi connectivity index (χ4n) is 3.39. The molecule has 1 aromatic carbocycles. The highest BCUT2D eigenvalue weighted by atomic mass is 32.1. The first-order valence-electron chi connectivity index (χ1n) is 10.2. The molecule has 4 rings (SSSR count). The van der Waals surface area contributed by atoms with E-state index >= 15 is 0 Å². The van der Waals surface area contributed by atoms with Crippen LogP contribution in [0.25, 0.3) is 0 Å². The van der Waals surface area contributed by atoms with Crippen molar-refractivity contribution in [1.82, 2.24) is 5.32 Å².